The number of hydrogen-bond donors (Lipinski definition) is 2. The minimum atomic E-state index is -1.15. The van der Waals surface area contributed by atoms with Crippen LogP contribution in [0.2, 0.25) is 0 Å². The molecule has 2 aromatic rings. The van der Waals surface area contributed by atoms with Crippen molar-refractivity contribution in [3.8, 4) is 17.2 Å². The molecule has 0 saturated carbocycles. The number of esters is 1. The fourth-order valence-electron chi connectivity index (χ4n) is 2.55. The highest BCUT2D eigenvalue weighted by atomic mass is 16.6. The van der Waals surface area contributed by atoms with Crippen molar-refractivity contribution in [2.75, 3.05) is 20.3 Å². The Morgan fingerprint density at radius 2 is 1.72 bits per heavy atom. The standard InChI is InChI=1S/C20H20N2O7/c1-12(18(23)21-22-19(24)13-6-4-3-5-7-13)29-20(25)14-10-15(26-2)17-16(11-14)27-8-9-28-17/h3-7,10-12H,8-9H2,1-2H3,(H,21,23)(H,22,24)/t12-/m1/s1. The van der Waals surface area contributed by atoms with Gasteiger partial charge in [0, 0.05) is 5.56 Å². The maximum absolute atomic E-state index is 12.4. The maximum Gasteiger partial charge on any atom is 0.339 e. The molecule has 1 atom stereocenters. The Hall–Kier alpha value is -3.75. The largest absolute Gasteiger partial charge is 0.493 e. The van der Waals surface area contributed by atoms with E-state index in [1.54, 1.807) is 30.3 Å². The molecule has 9 heteroatoms. The van der Waals surface area contributed by atoms with Crippen molar-refractivity contribution in [2.24, 2.45) is 0 Å². The maximum atomic E-state index is 12.4. The molecule has 0 radical (unpaired) electrons. The highest BCUT2D eigenvalue weighted by Gasteiger charge is 2.24. The van der Waals surface area contributed by atoms with E-state index in [2.05, 4.69) is 10.9 Å². The normalized spacial score (nSPS) is 13.0. The minimum Gasteiger partial charge on any atom is -0.493 e. The van der Waals surface area contributed by atoms with E-state index < -0.39 is 23.9 Å². The smallest absolute Gasteiger partial charge is 0.339 e. The molecule has 0 aromatic heterocycles. The monoisotopic (exact) mass is 400 g/mol. The number of fused-ring (bicyclic) bond motifs is 1. The summed E-state index contributed by atoms with van der Waals surface area (Å²) in [5, 5.41) is 0. The predicted octanol–water partition coefficient (Wildman–Crippen LogP) is 1.47. The van der Waals surface area contributed by atoms with Gasteiger partial charge in [0.15, 0.2) is 17.6 Å². The Labute approximate surface area is 166 Å². The number of amides is 2. The molecule has 2 N–H and O–H groups in total. The van der Waals surface area contributed by atoms with Crippen molar-refractivity contribution in [1.29, 1.82) is 0 Å². The molecule has 0 bridgehead atoms. The van der Waals surface area contributed by atoms with E-state index in [0.717, 1.165) is 0 Å². The first kappa shape index (κ1) is 20.0. The third-order valence-corrected chi connectivity index (χ3v) is 4.05. The molecule has 0 aliphatic carbocycles. The fraction of sp³-hybridized carbons (Fsp3) is 0.250. The molecule has 29 heavy (non-hydrogen) atoms. The molecule has 0 fully saturated rings. The zero-order chi connectivity index (χ0) is 20.8. The van der Waals surface area contributed by atoms with Gasteiger partial charge in [-0.05, 0) is 31.2 Å². The number of nitrogens with one attached hydrogen (secondary N) is 2. The number of carbonyl (C=O) groups is 3. The Kier molecular flexibility index (Phi) is 6.18. The van der Waals surface area contributed by atoms with Crippen molar-refractivity contribution in [1.82, 2.24) is 10.9 Å². The first-order chi connectivity index (χ1) is 14.0. The van der Waals surface area contributed by atoms with Gasteiger partial charge < -0.3 is 18.9 Å². The van der Waals surface area contributed by atoms with Gasteiger partial charge in [0.25, 0.3) is 11.8 Å². The molecule has 0 spiro atoms. The number of hydrogen-bond acceptors (Lipinski definition) is 7. The first-order valence-corrected chi connectivity index (χ1v) is 8.83. The third-order valence-electron chi connectivity index (χ3n) is 4.05. The van der Waals surface area contributed by atoms with Gasteiger partial charge in [-0.2, -0.15) is 0 Å². The summed E-state index contributed by atoms with van der Waals surface area (Å²) < 4.78 is 21.4. The SMILES string of the molecule is COc1cc(C(=O)O[C@H](C)C(=O)NNC(=O)c2ccccc2)cc2c1OCCO2. The molecule has 3 rings (SSSR count). The van der Waals surface area contributed by atoms with Gasteiger partial charge in [0.05, 0.1) is 12.7 Å². The highest BCUT2D eigenvalue weighted by Crippen LogP contribution is 2.40. The van der Waals surface area contributed by atoms with Crippen LogP contribution in [-0.2, 0) is 9.53 Å². The zero-order valence-electron chi connectivity index (χ0n) is 15.9. The van der Waals surface area contributed by atoms with Crippen molar-refractivity contribution in [2.45, 2.75) is 13.0 Å². The topological polar surface area (TPSA) is 112 Å². The molecule has 9 nitrogen and oxygen atoms in total. The molecule has 2 aromatic carbocycles. The average Bonchev–Trinajstić information content (AvgIpc) is 2.76. The van der Waals surface area contributed by atoms with Crippen molar-refractivity contribution < 1.29 is 33.3 Å². The molecule has 0 unspecified atom stereocenters. The first-order valence-electron chi connectivity index (χ1n) is 8.83. The summed E-state index contributed by atoms with van der Waals surface area (Å²) in [5.41, 5.74) is 5.00. The summed E-state index contributed by atoms with van der Waals surface area (Å²) in [5.74, 6) is -0.848. The average molecular weight is 400 g/mol. The van der Waals surface area contributed by atoms with E-state index in [9.17, 15) is 14.4 Å². The van der Waals surface area contributed by atoms with Gasteiger partial charge in [-0.25, -0.2) is 4.79 Å². The minimum absolute atomic E-state index is 0.138. The molecular formula is C20H20N2O7. The number of methoxy groups -OCH3 is 1. The summed E-state index contributed by atoms with van der Waals surface area (Å²) in [7, 11) is 1.44. The van der Waals surface area contributed by atoms with Gasteiger partial charge in [-0.15, -0.1) is 0 Å². The third kappa shape index (κ3) is 4.75. The predicted molar refractivity (Wildman–Crippen MR) is 101 cm³/mol. The van der Waals surface area contributed by atoms with Crippen LogP contribution in [0.1, 0.15) is 27.6 Å². The van der Waals surface area contributed by atoms with Gasteiger partial charge >= 0.3 is 5.97 Å². The van der Waals surface area contributed by atoms with E-state index in [0.29, 0.717) is 36.0 Å². The lowest BCUT2D eigenvalue weighted by molar-refractivity contribution is -0.129. The quantitative estimate of drug-likeness (QED) is 0.577. The van der Waals surface area contributed by atoms with Crippen LogP contribution in [0.25, 0.3) is 0 Å². The molecule has 1 aliphatic rings. The second-order valence-corrected chi connectivity index (χ2v) is 6.06. The van der Waals surface area contributed by atoms with E-state index in [-0.39, 0.29) is 5.56 Å². The Bertz CT molecular complexity index is 897. The number of ether oxygens (including phenoxy) is 4. The second kappa shape index (κ2) is 8.96. The second-order valence-electron chi connectivity index (χ2n) is 6.06. The number of rotatable bonds is 5. The van der Waals surface area contributed by atoms with E-state index in [4.69, 9.17) is 18.9 Å². The lowest BCUT2D eigenvalue weighted by Gasteiger charge is -2.21. The Morgan fingerprint density at radius 1 is 1.00 bits per heavy atom. The molecule has 2 amide bonds. The Balaban J connectivity index is 1.60. The molecule has 0 saturated heterocycles. The van der Waals surface area contributed by atoms with Gasteiger partial charge in [0.2, 0.25) is 5.75 Å². The van der Waals surface area contributed by atoms with Crippen LogP contribution in [0.15, 0.2) is 42.5 Å². The number of benzene rings is 2. The van der Waals surface area contributed by atoms with Crippen molar-refractivity contribution >= 4 is 17.8 Å². The summed E-state index contributed by atoms with van der Waals surface area (Å²) in [6.45, 7) is 2.10. The lowest BCUT2D eigenvalue weighted by atomic mass is 10.1. The number of hydrazine groups is 1. The van der Waals surface area contributed by atoms with E-state index >= 15 is 0 Å². The van der Waals surface area contributed by atoms with Crippen LogP contribution in [0.5, 0.6) is 17.2 Å². The summed E-state index contributed by atoms with van der Waals surface area (Å²) in [6, 6.07) is 11.3. The highest BCUT2D eigenvalue weighted by molar-refractivity contribution is 5.96. The van der Waals surface area contributed by atoms with Crippen LogP contribution >= 0.6 is 0 Å². The number of carbonyl (C=O) groups excluding carboxylic acids is 3. The summed E-state index contributed by atoms with van der Waals surface area (Å²) in [6.07, 6.45) is -1.15. The lowest BCUT2D eigenvalue weighted by Crippen LogP contribution is -2.46. The Morgan fingerprint density at radius 3 is 2.45 bits per heavy atom. The molecule has 1 heterocycles. The van der Waals surface area contributed by atoms with Gasteiger partial charge in [-0.3, -0.25) is 20.4 Å². The molecular weight excluding hydrogens is 380 g/mol. The van der Waals surface area contributed by atoms with Crippen molar-refractivity contribution in [3.63, 3.8) is 0 Å². The zero-order valence-corrected chi connectivity index (χ0v) is 15.9. The molecule has 1 aliphatic heterocycles. The van der Waals surface area contributed by atoms with Crippen LogP contribution in [0.4, 0.5) is 0 Å². The van der Waals surface area contributed by atoms with Crippen molar-refractivity contribution in [3.05, 3.63) is 53.6 Å². The van der Waals surface area contributed by atoms with Crippen LogP contribution in [-0.4, -0.2) is 44.2 Å². The van der Waals surface area contributed by atoms with Gasteiger partial charge in [0.1, 0.15) is 13.2 Å². The summed E-state index contributed by atoms with van der Waals surface area (Å²) >= 11 is 0. The fourth-order valence-corrected chi connectivity index (χ4v) is 2.55. The van der Waals surface area contributed by atoms with E-state index in [1.165, 1.54) is 26.2 Å². The molecule has 152 valence electrons. The van der Waals surface area contributed by atoms with Crippen LogP contribution < -0.4 is 25.1 Å². The van der Waals surface area contributed by atoms with E-state index in [1.807, 2.05) is 0 Å². The van der Waals surface area contributed by atoms with Crippen LogP contribution in [0, 0.1) is 0 Å². The van der Waals surface area contributed by atoms with Crippen LogP contribution in [0.3, 0.4) is 0 Å². The summed E-state index contributed by atoms with van der Waals surface area (Å²) in [4.78, 5) is 36.5. The van der Waals surface area contributed by atoms with Gasteiger partial charge in [-0.1, -0.05) is 18.2 Å².